The van der Waals surface area contributed by atoms with Gasteiger partial charge in [-0.3, -0.25) is 0 Å². The second-order valence-electron chi connectivity index (χ2n) is 6.27. The minimum atomic E-state index is -0.839. The van der Waals surface area contributed by atoms with Gasteiger partial charge < -0.3 is 15.3 Å². The number of likely N-dealkylation sites (N-methyl/N-ethyl adjacent to an activating group) is 1. The van der Waals surface area contributed by atoms with E-state index in [2.05, 4.69) is 5.32 Å². The molecule has 1 aromatic carbocycles. The summed E-state index contributed by atoms with van der Waals surface area (Å²) in [5, 5.41) is 13.3. The standard InChI is InChI=1S/C16H25FN2O/c1-4-19(11-16(2,3)20)15-8-5-12(9-14(15)17)10-18-13-6-7-13/h5,8-9,13,18,20H,4,6-7,10-11H2,1-3H3. The average molecular weight is 280 g/mol. The maximum absolute atomic E-state index is 14.3. The summed E-state index contributed by atoms with van der Waals surface area (Å²) in [4.78, 5) is 1.87. The van der Waals surface area contributed by atoms with Crippen molar-refractivity contribution in [2.45, 2.75) is 51.8 Å². The Morgan fingerprint density at radius 2 is 2.10 bits per heavy atom. The van der Waals surface area contributed by atoms with Crippen molar-refractivity contribution < 1.29 is 9.50 Å². The highest BCUT2D eigenvalue weighted by atomic mass is 19.1. The molecule has 0 heterocycles. The van der Waals surface area contributed by atoms with Gasteiger partial charge in [0.2, 0.25) is 0 Å². The van der Waals surface area contributed by atoms with Crippen LogP contribution in [-0.2, 0) is 6.54 Å². The van der Waals surface area contributed by atoms with Crippen molar-refractivity contribution in [1.29, 1.82) is 0 Å². The summed E-state index contributed by atoms with van der Waals surface area (Å²) >= 11 is 0. The summed E-state index contributed by atoms with van der Waals surface area (Å²) in [6.07, 6.45) is 2.46. The molecule has 0 saturated heterocycles. The molecule has 2 N–H and O–H groups in total. The molecule has 112 valence electrons. The molecule has 0 radical (unpaired) electrons. The van der Waals surface area contributed by atoms with Gasteiger partial charge >= 0.3 is 0 Å². The molecule has 0 amide bonds. The van der Waals surface area contributed by atoms with E-state index in [1.807, 2.05) is 24.0 Å². The summed E-state index contributed by atoms with van der Waals surface area (Å²) in [5.74, 6) is -0.216. The van der Waals surface area contributed by atoms with Crippen molar-refractivity contribution in [3.05, 3.63) is 29.6 Å². The molecule has 1 aliphatic carbocycles. The Morgan fingerprint density at radius 1 is 1.40 bits per heavy atom. The van der Waals surface area contributed by atoms with Crippen LogP contribution in [0.3, 0.4) is 0 Å². The largest absolute Gasteiger partial charge is 0.389 e. The number of hydrogen-bond acceptors (Lipinski definition) is 3. The van der Waals surface area contributed by atoms with Gasteiger partial charge in [-0.15, -0.1) is 0 Å². The Hall–Kier alpha value is -1.13. The van der Waals surface area contributed by atoms with Crippen molar-refractivity contribution in [1.82, 2.24) is 5.32 Å². The average Bonchev–Trinajstić information content (AvgIpc) is 3.17. The van der Waals surface area contributed by atoms with Gasteiger partial charge in [-0.25, -0.2) is 4.39 Å². The molecule has 1 saturated carbocycles. The summed E-state index contributed by atoms with van der Waals surface area (Å²) < 4.78 is 14.3. The second kappa shape index (κ2) is 6.10. The van der Waals surface area contributed by atoms with Gasteiger partial charge in [-0.1, -0.05) is 6.07 Å². The van der Waals surface area contributed by atoms with Gasteiger partial charge in [-0.2, -0.15) is 0 Å². The zero-order chi connectivity index (χ0) is 14.8. The van der Waals surface area contributed by atoms with E-state index < -0.39 is 5.60 Å². The number of anilines is 1. The third-order valence-electron chi connectivity index (χ3n) is 3.48. The molecule has 1 aliphatic rings. The van der Waals surface area contributed by atoms with Crippen LogP contribution in [0.5, 0.6) is 0 Å². The third-order valence-corrected chi connectivity index (χ3v) is 3.48. The first-order chi connectivity index (χ1) is 9.39. The van der Waals surface area contributed by atoms with Crippen molar-refractivity contribution >= 4 is 5.69 Å². The van der Waals surface area contributed by atoms with E-state index in [0.29, 0.717) is 24.8 Å². The highest BCUT2D eigenvalue weighted by Crippen LogP contribution is 2.23. The van der Waals surface area contributed by atoms with Crippen LogP contribution in [0.2, 0.25) is 0 Å². The number of benzene rings is 1. The van der Waals surface area contributed by atoms with Gasteiger partial charge in [-0.05, 0) is 51.3 Å². The number of nitrogens with zero attached hydrogens (tertiary/aromatic N) is 1. The normalized spacial score (nSPS) is 15.4. The predicted octanol–water partition coefficient (Wildman–Crippen LogP) is 2.67. The summed E-state index contributed by atoms with van der Waals surface area (Å²) in [5.41, 5.74) is 0.691. The van der Waals surface area contributed by atoms with Gasteiger partial charge in [0.25, 0.3) is 0 Å². The van der Waals surface area contributed by atoms with Crippen LogP contribution in [0.25, 0.3) is 0 Å². The van der Waals surface area contributed by atoms with Crippen molar-refractivity contribution in [2.75, 3.05) is 18.0 Å². The molecule has 0 aliphatic heterocycles. The van der Waals surface area contributed by atoms with E-state index in [1.54, 1.807) is 19.9 Å². The SMILES string of the molecule is CCN(CC(C)(C)O)c1ccc(CNC2CC2)cc1F. The first-order valence-corrected chi connectivity index (χ1v) is 7.38. The Balaban J connectivity index is 2.06. The minimum absolute atomic E-state index is 0.216. The molecule has 1 aromatic rings. The van der Waals surface area contributed by atoms with E-state index in [4.69, 9.17) is 0 Å². The molecule has 0 atom stereocenters. The fourth-order valence-corrected chi connectivity index (χ4v) is 2.30. The Labute approximate surface area is 120 Å². The number of hydrogen-bond donors (Lipinski definition) is 2. The topological polar surface area (TPSA) is 35.5 Å². The zero-order valence-corrected chi connectivity index (χ0v) is 12.6. The van der Waals surface area contributed by atoms with Crippen molar-refractivity contribution in [2.24, 2.45) is 0 Å². The molecule has 3 nitrogen and oxygen atoms in total. The van der Waals surface area contributed by atoms with Crippen LogP contribution < -0.4 is 10.2 Å². The lowest BCUT2D eigenvalue weighted by atomic mass is 10.1. The van der Waals surface area contributed by atoms with Crippen molar-refractivity contribution in [3.8, 4) is 0 Å². The number of halogens is 1. The Bertz CT molecular complexity index is 452. The number of rotatable bonds is 7. The molecule has 4 heteroatoms. The third kappa shape index (κ3) is 4.46. The lowest BCUT2D eigenvalue weighted by Crippen LogP contribution is -2.39. The maximum Gasteiger partial charge on any atom is 0.146 e. The first kappa shape index (κ1) is 15.3. The lowest BCUT2D eigenvalue weighted by molar-refractivity contribution is 0.0874. The van der Waals surface area contributed by atoms with Crippen molar-refractivity contribution in [3.63, 3.8) is 0 Å². The summed E-state index contributed by atoms with van der Waals surface area (Å²) in [6, 6.07) is 5.99. The molecule has 0 unspecified atom stereocenters. The molecular weight excluding hydrogens is 255 g/mol. The molecular formula is C16H25FN2O. The first-order valence-electron chi connectivity index (χ1n) is 7.38. The van der Waals surface area contributed by atoms with Gasteiger partial charge in [0, 0.05) is 25.7 Å². The zero-order valence-electron chi connectivity index (χ0n) is 12.6. The quantitative estimate of drug-likeness (QED) is 0.806. The van der Waals surface area contributed by atoms with Crippen LogP contribution in [0.4, 0.5) is 10.1 Å². The van der Waals surface area contributed by atoms with E-state index in [1.165, 1.54) is 12.8 Å². The van der Waals surface area contributed by atoms with Crippen LogP contribution in [-0.4, -0.2) is 29.8 Å². The molecule has 20 heavy (non-hydrogen) atoms. The van der Waals surface area contributed by atoms with Gasteiger partial charge in [0.1, 0.15) is 5.82 Å². The fourth-order valence-electron chi connectivity index (χ4n) is 2.30. The number of aliphatic hydroxyl groups is 1. The predicted molar refractivity (Wildman–Crippen MR) is 80.4 cm³/mol. The number of nitrogens with one attached hydrogen (secondary N) is 1. The monoisotopic (exact) mass is 280 g/mol. The smallest absolute Gasteiger partial charge is 0.146 e. The van der Waals surface area contributed by atoms with Crippen LogP contribution in [0.1, 0.15) is 39.2 Å². The lowest BCUT2D eigenvalue weighted by Gasteiger charge is -2.30. The summed E-state index contributed by atoms with van der Waals surface area (Å²) in [6.45, 7) is 7.25. The van der Waals surface area contributed by atoms with Crippen LogP contribution >= 0.6 is 0 Å². The van der Waals surface area contributed by atoms with E-state index >= 15 is 0 Å². The molecule has 0 bridgehead atoms. The highest BCUT2D eigenvalue weighted by Gasteiger charge is 2.21. The highest BCUT2D eigenvalue weighted by molar-refractivity contribution is 5.49. The maximum atomic E-state index is 14.3. The van der Waals surface area contributed by atoms with E-state index in [-0.39, 0.29) is 5.82 Å². The molecule has 0 aromatic heterocycles. The van der Waals surface area contributed by atoms with E-state index in [0.717, 1.165) is 12.1 Å². The van der Waals surface area contributed by atoms with Crippen LogP contribution in [0, 0.1) is 5.82 Å². The fraction of sp³-hybridized carbons (Fsp3) is 0.625. The van der Waals surface area contributed by atoms with Gasteiger partial charge in [0.05, 0.1) is 11.3 Å². The van der Waals surface area contributed by atoms with E-state index in [9.17, 15) is 9.50 Å². The minimum Gasteiger partial charge on any atom is -0.389 e. The van der Waals surface area contributed by atoms with Gasteiger partial charge in [0.15, 0.2) is 0 Å². The molecule has 0 spiro atoms. The second-order valence-corrected chi connectivity index (χ2v) is 6.27. The summed E-state index contributed by atoms with van der Waals surface area (Å²) in [7, 11) is 0. The Kier molecular flexibility index (Phi) is 4.66. The molecule has 2 rings (SSSR count). The molecule has 1 fully saturated rings. The Morgan fingerprint density at radius 3 is 2.60 bits per heavy atom. The van der Waals surface area contributed by atoms with Crippen LogP contribution in [0.15, 0.2) is 18.2 Å².